The summed E-state index contributed by atoms with van der Waals surface area (Å²) in [6.07, 6.45) is -3.34. The maximum absolute atomic E-state index is 12.8. The monoisotopic (exact) mass is 312 g/mol. The molecule has 0 saturated carbocycles. The van der Waals surface area contributed by atoms with Gasteiger partial charge in [-0.25, -0.2) is 9.78 Å². The topological polar surface area (TPSA) is 85.4 Å². The third-order valence-corrected chi connectivity index (χ3v) is 2.99. The van der Waals surface area contributed by atoms with Crippen LogP contribution < -0.4 is 10.5 Å². The first-order chi connectivity index (χ1) is 10.2. The zero-order valence-electron chi connectivity index (χ0n) is 11.3. The van der Waals surface area contributed by atoms with Crippen LogP contribution in [0.3, 0.4) is 0 Å². The molecule has 0 atom stereocenters. The van der Waals surface area contributed by atoms with Crippen molar-refractivity contribution in [3.63, 3.8) is 0 Å². The minimum atomic E-state index is -4.53. The molecule has 1 aromatic carbocycles. The highest BCUT2D eigenvalue weighted by Crippen LogP contribution is 2.37. The lowest BCUT2D eigenvalue weighted by atomic mass is 10.0. The molecular weight excluding hydrogens is 301 g/mol. The van der Waals surface area contributed by atoms with E-state index in [0.29, 0.717) is 0 Å². The minimum Gasteiger partial charge on any atom is -0.496 e. The number of anilines is 1. The van der Waals surface area contributed by atoms with E-state index in [-0.39, 0.29) is 28.3 Å². The van der Waals surface area contributed by atoms with Gasteiger partial charge in [-0.1, -0.05) is 0 Å². The summed E-state index contributed by atoms with van der Waals surface area (Å²) in [5.41, 5.74) is 4.50. The molecule has 0 aliphatic rings. The Bertz CT molecular complexity index is 730. The predicted octanol–water partition coefficient (Wildman–Crippen LogP) is 3.06. The van der Waals surface area contributed by atoms with Gasteiger partial charge < -0.3 is 15.6 Å². The molecular formula is C14H11F3N2O3. The van der Waals surface area contributed by atoms with Crippen molar-refractivity contribution in [1.29, 1.82) is 0 Å². The number of carbonyl (C=O) groups is 1. The van der Waals surface area contributed by atoms with Crippen LogP contribution in [0, 0.1) is 0 Å². The summed E-state index contributed by atoms with van der Waals surface area (Å²) in [6.45, 7) is 0. The summed E-state index contributed by atoms with van der Waals surface area (Å²) in [5.74, 6) is -1.38. The number of carboxylic acids is 1. The Hall–Kier alpha value is -2.77. The number of nitrogens with two attached hydrogens (primary N) is 1. The molecule has 22 heavy (non-hydrogen) atoms. The third-order valence-electron chi connectivity index (χ3n) is 2.99. The molecule has 1 heterocycles. The van der Waals surface area contributed by atoms with Gasteiger partial charge in [0, 0.05) is 17.3 Å². The molecule has 1 aromatic heterocycles. The van der Waals surface area contributed by atoms with E-state index in [2.05, 4.69) is 4.98 Å². The first kappa shape index (κ1) is 15.6. The number of ether oxygens (including phenoxy) is 1. The highest BCUT2D eigenvalue weighted by atomic mass is 19.4. The van der Waals surface area contributed by atoms with Crippen LogP contribution >= 0.6 is 0 Å². The molecule has 5 nitrogen and oxygen atoms in total. The van der Waals surface area contributed by atoms with Crippen LogP contribution in [0.4, 0.5) is 19.0 Å². The highest BCUT2D eigenvalue weighted by molar-refractivity contribution is 5.94. The lowest BCUT2D eigenvalue weighted by molar-refractivity contribution is -0.137. The summed E-state index contributed by atoms with van der Waals surface area (Å²) in [4.78, 5) is 14.8. The van der Waals surface area contributed by atoms with Crippen molar-refractivity contribution in [1.82, 2.24) is 4.98 Å². The van der Waals surface area contributed by atoms with Crippen LogP contribution in [0.2, 0.25) is 0 Å². The molecule has 0 bridgehead atoms. The van der Waals surface area contributed by atoms with E-state index < -0.39 is 17.7 Å². The fourth-order valence-corrected chi connectivity index (χ4v) is 1.90. The number of halogens is 3. The number of rotatable bonds is 3. The maximum Gasteiger partial charge on any atom is 0.416 e. The zero-order valence-corrected chi connectivity index (χ0v) is 11.3. The number of alkyl halides is 3. The van der Waals surface area contributed by atoms with Crippen molar-refractivity contribution in [2.24, 2.45) is 0 Å². The Morgan fingerprint density at radius 3 is 2.55 bits per heavy atom. The average molecular weight is 312 g/mol. The van der Waals surface area contributed by atoms with Crippen LogP contribution in [-0.4, -0.2) is 23.2 Å². The number of nitrogens with zero attached hydrogens (tertiary/aromatic N) is 1. The largest absolute Gasteiger partial charge is 0.496 e. The number of hydrogen-bond acceptors (Lipinski definition) is 4. The molecule has 0 unspecified atom stereocenters. The second-order valence-corrected chi connectivity index (χ2v) is 4.37. The van der Waals surface area contributed by atoms with Gasteiger partial charge in [-0.3, -0.25) is 0 Å². The molecule has 0 fully saturated rings. The number of hydrogen-bond donors (Lipinski definition) is 2. The molecule has 2 rings (SSSR count). The number of methoxy groups -OCH3 is 1. The number of aromatic nitrogens is 1. The Morgan fingerprint density at radius 2 is 2.00 bits per heavy atom. The Morgan fingerprint density at radius 1 is 1.32 bits per heavy atom. The van der Waals surface area contributed by atoms with Crippen molar-refractivity contribution in [3.05, 3.63) is 41.6 Å². The van der Waals surface area contributed by atoms with Gasteiger partial charge in [0.15, 0.2) is 0 Å². The Labute approximate surface area is 123 Å². The van der Waals surface area contributed by atoms with Gasteiger partial charge in [-0.15, -0.1) is 0 Å². The lowest BCUT2D eigenvalue weighted by Gasteiger charge is -2.13. The minimum absolute atomic E-state index is 0.0762. The Balaban J connectivity index is 2.65. The fourth-order valence-electron chi connectivity index (χ4n) is 1.90. The molecule has 0 amide bonds. The van der Waals surface area contributed by atoms with Gasteiger partial charge >= 0.3 is 12.1 Å². The molecule has 0 aliphatic carbocycles. The summed E-state index contributed by atoms with van der Waals surface area (Å²) in [5, 5.41) is 9.02. The first-order valence-corrected chi connectivity index (χ1v) is 5.98. The molecule has 0 aliphatic heterocycles. The standard InChI is InChI=1S/C14H11F3N2O3/c1-22-11-3-2-8(14(15,16)17)5-9(11)7-4-10(13(20)21)12(18)19-6-7/h2-6H,1H3,(H2,18,19)(H,20,21). The number of pyridine rings is 1. The van der Waals surface area contributed by atoms with E-state index in [4.69, 9.17) is 15.6 Å². The number of aromatic carboxylic acids is 1. The normalized spacial score (nSPS) is 11.3. The second-order valence-electron chi connectivity index (χ2n) is 4.37. The smallest absolute Gasteiger partial charge is 0.416 e. The van der Waals surface area contributed by atoms with Crippen LogP contribution in [0.5, 0.6) is 5.75 Å². The van der Waals surface area contributed by atoms with Crippen molar-refractivity contribution >= 4 is 11.8 Å². The molecule has 0 spiro atoms. The molecule has 2 aromatic rings. The van der Waals surface area contributed by atoms with Gasteiger partial charge in [0.05, 0.1) is 12.7 Å². The average Bonchev–Trinajstić information content (AvgIpc) is 2.46. The third kappa shape index (κ3) is 2.95. The molecule has 0 radical (unpaired) electrons. The second kappa shape index (κ2) is 5.55. The molecule has 116 valence electrons. The molecule has 0 saturated heterocycles. The van der Waals surface area contributed by atoms with Gasteiger partial charge in [-0.2, -0.15) is 13.2 Å². The number of benzene rings is 1. The first-order valence-electron chi connectivity index (χ1n) is 5.98. The fraction of sp³-hybridized carbons (Fsp3) is 0.143. The van der Waals surface area contributed by atoms with Crippen molar-refractivity contribution in [2.45, 2.75) is 6.18 Å². The van der Waals surface area contributed by atoms with Crippen molar-refractivity contribution in [3.8, 4) is 16.9 Å². The Kier molecular flexibility index (Phi) is 3.94. The van der Waals surface area contributed by atoms with Crippen LogP contribution in [0.25, 0.3) is 11.1 Å². The van der Waals surface area contributed by atoms with Gasteiger partial charge in [0.2, 0.25) is 0 Å². The summed E-state index contributed by atoms with van der Waals surface area (Å²) in [7, 11) is 1.30. The summed E-state index contributed by atoms with van der Waals surface area (Å²) >= 11 is 0. The van der Waals surface area contributed by atoms with E-state index in [1.807, 2.05) is 0 Å². The molecule has 8 heteroatoms. The van der Waals surface area contributed by atoms with E-state index in [0.717, 1.165) is 24.3 Å². The number of carboxylic acid groups (broad SMARTS) is 1. The van der Waals surface area contributed by atoms with Crippen LogP contribution in [-0.2, 0) is 6.18 Å². The van der Waals surface area contributed by atoms with Gasteiger partial charge in [0.25, 0.3) is 0 Å². The predicted molar refractivity (Wildman–Crippen MR) is 72.6 cm³/mol. The SMILES string of the molecule is COc1ccc(C(F)(F)F)cc1-c1cnc(N)c(C(=O)O)c1. The van der Waals surface area contributed by atoms with Crippen LogP contribution in [0.1, 0.15) is 15.9 Å². The maximum atomic E-state index is 12.8. The van der Waals surface area contributed by atoms with E-state index in [1.54, 1.807) is 0 Å². The van der Waals surface area contributed by atoms with Crippen LogP contribution in [0.15, 0.2) is 30.5 Å². The van der Waals surface area contributed by atoms with Crippen molar-refractivity contribution in [2.75, 3.05) is 12.8 Å². The van der Waals surface area contributed by atoms with E-state index >= 15 is 0 Å². The van der Waals surface area contributed by atoms with E-state index in [9.17, 15) is 18.0 Å². The molecule has 3 N–H and O–H groups in total. The van der Waals surface area contributed by atoms with E-state index in [1.165, 1.54) is 13.3 Å². The lowest BCUT2D eigenvalue weighted by Crippen LogP contribution is -2.07. The highest BCUT2D eigenvalue weighted by Gasteiger charge is 2.31. The van der Waals surface area contributed by atoms with Crippen molar-refractivity contribution < 1.29 is 27.8 Å². The van der Waals surface area contributed by atoms with Gasteiger partial charge in [-0.05, 0) is 24.3 Å². The van der Waals surface area contributed by atoms with Gasteiger partial charge in [0.1, 0.15) is 17.1 Å². The zero-order chi connectivity index (χ0) is 16.5. The number of nitrogen functional groups attached to an aromatic ring is 1. The summed E-state index contributed by atoms with van der Waals surface area (Å²) in [6, 6.07) is 4.07. The quantitative estimate of drug-likeness (QED) is 0.910. The summed E-state index contributed by atoms with van der Waals surface area (Å²) < 4.78 is 43.5.